The highest BCUT2D eigenvalue weighted by molar-refractivity contribution is 5.93. The normalized spacial score (nSPS) is 16.4. The number of nitrogens with one attached hydrogen (secondary N) is 1. The Morgan fingerprint density at radius 2 is 1.33 bits per heavy atom. The highest BCUT2D eigenvalue weighted by Crippen LogP contribution is 2.30. The molecule has 0 spiro atoms. The van der Waals surface area contributed by atoms with Crippen LogP contribution in [0.1, 0.15) is 73.6 Å². The summed E-state index contributed by atoms with van der Waals surface area (Å²) in [7, 11) is 1.68. The number of carbonyl (C=O) groups is 2. The molecule has 2 saturated heterocycles. The molecule has 2 fully saturated rings. The van der Waals surface area contributed by atoms with Crippen LogP contribution < -0.4 is 10.1 Å². The minimum absolute atomic E-state index is 0.209. The summed E-state index contributed by atoms with van der Waals surface area (Å²) in [5.41, 5.74) is 3.05. The van der Waals surface area contributed by atoms with E-state index >= 15 is 0 Å². The van der Waals surface area contributed by atoms with E-state index in [4.69, 9.17) is 19.2 Å². The number of likely N-dealkylation sites (tertiary alicyclic amines) is 2. The molecule has 2 aliphatic rings. The minimum Gasteiger partial charge on any atom is -0.497 e. The molecule has 1 N–H and O–H groups in total. The summed E-state index contributed by atoms with van der Waals surface area (Å²) in [6.07, 6.45) is 4.47. The molecule has 1 aromatic heterocycles. The van der Waals surface area contributed by atoms with Gasteiger partial charge in [0.2, 0.25) is 0 Å². The van der Waals surface area contributed by atoms with Gasteiger partial charge in [-0.25, -0.2) is 14.6 Å². The molecule has 2 aromatic carbocycles. The molecule has 5 rings (SSSR count). The lowest BCUT2D eigenvalue weighted by Gasteiger charge is -2.38. The van der Waals surface area contributed by atoms with Crippen molar-refractivity contribution in [1.82, 2.24) is 19.7 Å². The second-order valence-corrected chi connectivity index (χ2v) is 16.2. The predicted molar refractivity (Wildman–Crippen MR) is 204 cm³/mol. The second-order valence-electron chi connectivity index (χ2n) is 16.2. The van der Waals surface area contributed by atoms with E-state index in [-0.39, 0.29) is 12.2 Å². The Labute approximate surface area is 304 Å². The van der Waals surface area contributed by atoms with Crippen molar-refractivity contribution in [3.05, 3.63) is 54.6 Å². The number of methoxy groups -OCH3 is 1. The molecule has 0 saturated carbocycles. The van der Waals surface area contributed by atoms with Crippen molar-refractivity contribution >= 4 is 28.8 Å². The van der Waals surface area contributed by atoms with Crippen molar-refractivity contribution in [2.45, 2.75) is 84.8 Å². The van der Waals surface area contributed by atoms with Gasteiger partial charge in [-0.1, -0.05) is 18.2 Å². The minimum atomic E-state index is -0.488. The number of hydrogen-bond acceptors (Lipinski definition) is 8. The van der Waals surface area contributed by atoms with E-state index in [2.05, 4.69) is 34.5 Å². The first-order valence-electron chi connectivity index (χ1n) is 18.7. The van der Waals surface area contributed by atoms with E-state index in [0.29, 0.717) is 11.8 Å². The van der Waals surface area contributed by atoms with Gasteiger partial charge in [-0.2, -0.15) is 0 Å². The van der Waals surface area contributed by atoms with Crippen LogP contribution >= 0.6 is 0 Å². The molecule has 278 valence electrons. The zero-order valence-corrected chi connectivity index (χ0v) is 31.9. The Hall–Kier alpha value is -4.05. The highest BCUT2D eigenvalue weighted by atomic mass is 16.6. The molecule has 0 atom stereocenters. The van der Waals surface area contributed by atoms with Crippen LogP contribution in [0, 0.1) is 11.8 Å². The zero-order valence-electron chi connectivity index (χ0n) is 31.9. The summed E-state index contributed by atoms with van der Waals surface area (Å²) in [5.74, 6) is 1.87. The van der Waals surface area contributed by atoms with Crippen LogP contribution in [0.3, 0.4) is 0 Å². The lowest BCUT2D eigenvalue weighted by atomic mass is 9.93. The molecule has 3 aromatic rings. The topological polar surface area (TPSA) is 96.5 Å². The first kappa shape index (κ1) is 38.2. The number of ether oxygens (including phenoxy) is 3. The van der Waals surface area contributed by atoms with Crippen LogP contribution in [0.4, 0.5) is 15.3 Å². The molecule has 0 bridgehead atoms. The van der Waals surface area contributed by atoms with Crippen molar-refractivity contribution in [3.63, 3.8) is 0 Å². The fourth-order valence-electron chi connectivity index (χ4n) is 6.99. The number of benzene rings is 2. The standard InChI is InChI=1S/C41H59N5O5/c1-40(2,3)50-38(47)45-23-17-30(18-24-45)28-44(29-31-19-25-46(26-20-31)39(48)51-41(4,5)6)22-10-21-42-37-27-36(32-13-15-33(49-7)16-14-32)43-35-12-9-8-11-34(35)37/h8-9,11-16,27,30-31H,10,17-26,28-29H2,1-7H3,(H,42,43). The summed E-state index contributed by atoms with van der Waals surface area (Å²) in [4.78, 5) is 36.7. The number of fused-ring (bicyclic) bond motifs is 1. The van der Waals surface area contributed by atoms with Gasteiger partial charge in [-0.05, 0) is 128 Å². The maximum atomic E-state index is 12.7. The number of rotatable bonds is 11. The summed E-state index contributed by atoms with van der Waals surface area (Å²) in [6.45, 7) is 18.2. The Kier molecular flexibility index (Phi) is 12.7. The molecule has 10 nitrogen and oxygen atoms in total. The van der Waals surface area contributed by atoms with Crippen molar-refractivity contribution in [1.29, 1.82) is 0 Å². The number of aromatic nitrogens is 1. The molecular weight excluding hydrogens is 642 g/mol. The summed E-state index contributed by atoms with van der Waals surface area (Å²) in [5, 5.41) is 4.86. The van der Waals surface area contributed by atoms with Crippen LogP contribution in [0.2, 0.25) is 0 Å². The summed E-state index contributed by atoms with van der Waals surface area (Å²) < 4.78 is 16.6. The van der Waals surface area contributed by atoms with Gasteiger partial charge in [0, 0.05) is 62.5 Å². The highest BCUT2D eigenvalue weighted by Gasteiger charge is 2.30. The van der Waals surface area contributed by atoms with E-state index in [0.717, 1.165) is 118 Å². The molecule has 0 unspecified atom stereocenters. The van der Waals surface area contributed by atoms with Crippen molar-refractivity contribution in [3.8, 4) is 17.0 Å². The Morgan fingerprint density at radius 3 is 1.84 bits per heavy atom. The van der Waals surface area contributed by atoms with Crippen molar-refractivity contribution in [2.24, 2.45) is 11.8 Å². The van der Waals surface area contributed by atoms with Gasteiger partial charge >= 0.3 is 12.2 Å². The molecule has 2 aliphatic heterocycles. The number of para-hydroxylation sites is 1. The lowest BCUT2D eigenvalue weighted by molar-refractivity contribution is 0.0151. The second kappa shape index (κ2) is 17.0. The number of amides is 2. The Bertz CT molecular complexity index is 1530. The van der Waals surface area contributed by atoms with Gasteiger partial charge in [0.15, 0.2) is 0 Å². The quantitative estimate of drug-likeness (QED) is 0.200. The number of piperidine rings is 2. The first-order valence-corrected chi connectivity index (χ1v) is 18.7. The lowest BCUT2D eigenvalue weighted by Crippen LogP contribution is -2.46. The van der Waals surface area contributed by atoms with E-state index in [9.17, 15) is 9.59 Å². The molecule has 2 amide bonds. The van der Waals surface area contributed by atoms with Crippen LogP contribution in [0.5, 0.6) is 5.75 Å². The Balaban J connectivity index is 1.21. The average molecular weight is 702 g/mol. The third-order valence-electron chi connectivity index (χ3n) is 9.63. The fourth-order valence-corrected chi connectivity index (χ4v) is 6.99. The van der Waals surface area contributed by atoms with Crippen LogP contribution in [0.25, 0.3) is 22.2 Å². The van der Waals surface area contributed by atoms with Crippen LogP contribution in [-0.4, -0.2) is 103 Å². The van der Waals surface area contributed by atoms with E-state index < -0.39 is 11.2 Å². The number of nitrogens with zero attached hydrogens (tertiary/aromatic N) is 4. The largest absolute Gasteiger partial charge is 0.497 e. The van der Waals surface area contributed by atoms with Crippen LogP contribution in [0.15, 0.2) is 54.6 Å². The monoisotopic (exact) mass is 701 g/mol. The number of hydrogen-bond donors (Lipinski definition) is 1. The first-order chi connectivity index (χ1) is 24.3. The Morgan fingerprint density at radius 1 is 0.804 bits per heavy atom. The molecular formula is C41H59N5O5. The van der Waals surface area contributed by atoms with Gasteiger partial charge in [0.25, 0.3) is 0 Å². The predicted octanol–water partition coefficient (Wildman–Crippen LogP) is 8.31. The zero-order chi connectivity index (χ0) is 36.6. The van der Waals surface area contributed by atoms with Crippen molar-refractivity contribution < 1.29 is 23.8 Å². The van der Waals surface area contributed by atoms with E-state index in [1.54, 1.807) is 7.11 Å². The molecule has 3 heterocycles. The number of pyridine rings is 1. The number of carbonyl (C=O) groups excluding carboxylic acids is 2. The third-order valence-corrected chi connectivity index (χ3v) is 9.63. The summed E-state index contributed by atoms with van der Waals surface area (Å²) >= 11 is 0. The summed E-state index contributed by atoms with van der Waals surface area (Å²) in [6, 6.07) is 18.5. The maximum absolute atomic E-state index is 12.7. The molecule has 0 radical (unpaired) electrons. The molecule has 51 heavy (non-hydrogen) atoms. The SMILES string of the molecule is COc1ccc(-c2cc(NCCCN(CC3CCN(C(=O)OC(C)(C)C)CC3)CC3CCN(C(=O)OC(C)(C)C)CC3)c3ccccc3n2)cc1. The van der Waals surface area contributed by atoms with Gasteiger partial charge in [0.05, 0.1) is 18.3 Å². The van der Waals surface area contributed by atoms with Gasteiger partial charge in [0.1, 0.15) is 17.0 Å². The van der Waals surface area contributed by atoms with Crippen molar-refractivity contribution in [2.75, 3.05) is 64.8 Å². The van der Waals surface area contributed by atoms with Crippen LogP contribution in [-0.2, 0) is 9.47 Å². The molecule has 10 heteroatoms. The average Bonchev–Trinajstić information content (AvgIpc) is 3.09. The fraction of sp³-hybridized carbons (Fsp3) is 0.585. The van der Waals surface area contributed by atoms with E-state index in [1.807, 2.05) is 81.7 Å². The molecule has 0 aliphatic carbocycles. The van der Waals surface area contributed by atoms with Gasteiger partial charge in [-0.3, -0.25) is 0 Å². The third kappa shape index (κ3) is 11.5. The maximum Gasteiger partial charge on any atom is 0.410 e. The smallest absolute Gasteiger partial charge is 0.410 e. The van der Waals surface area contributed by atoms with Gasteiger partial charge < -0.3 is 34.2 Å². The van der Waals surface area contributed by atoms with E-state index in [1.165, 1.54) is 0 Å². The number of anilines is 1. The van der Waals surface area contributed by atoms with Gasteiger partial charge in [-0.15, -0.1) is 0 Å².